The topological polar surface area (TPSA) is 112 Å². The molecule has 0 saturated heterocycles. The van der Waals surface area contributed by atoms with Crippen LogP contribution in [0.2, 0.25) is 0 Å². The first kappa shape index (κ1) is 20.4. The summed E-state index contributed by atoms with van der Waals surface area (Å²) in [5.41, 5.74) is 3.63. The third-order valence-electron chi connectivity index (χ3n) is 5.91. The quantitative estimate of drug-likeness (QED) is 0.357. The van der Waals surface area contributed by atoms with Crippen molar-refractivity contribution in [1.29, 1.82) is 0 Å². The molecule has 164 valence electrons. The Balaban J connectivity index is 1.66. The fourth-order valence-electron chi connectivity index (χ4n) is 4.43. The van der Waals surface area contributed by atoms with Gasteiger partial charge in [-0.15, -0.1) is 0 Å². The highest BCUT2D eigenvalue weighted by atomic mass is 16.6. The number of nitrogens with zero attached hydrogens (tertiary/aromatic N) is 1. The van der Waals surface area contributed by atoms with E-state index in [1.807, 2.05) is 12.1 Å². The maximum Gasteiger partial charge on any atom is 0.336 e. The monoisotopic (exact) mass is 442 g/mol. The first-order chi connectivity index (χ1) is 15.9. The van der Waals surface area contributed by atoms with Gasteiger partial charge in [0.05, 0.1) is 29.2 Å². The summed E-state index contributed by atoms with van der Waals surface area (Å²) in [4.78, 5) is 36.8. The molecule has 8 nitrogen and oxygen atoms in total. The number of hydrogen-bond donors (Lipinski definition) is 1. The molecular weight excluding hydrogens is 424 g/mol. The number of methoxy groups -OCH3 is 1. The number of ether oxygens (including phenoxy) is 1. The number of ketones is 1. The molecule has 0 amide bonds. The molecule has 0 radical (unpaired) electrons. The Kier molecular flexibility index (Phi) is 4.70. The van der Waals surface area contributed by atoms with Crippen LogP contribution in [0.15, 0.2) is 81.9 Å². The van der Waals surface area contributed by atoms with Gasteiger partial charge >= 0.3 is 5.97 Å². The maximum absolute atomic E-state index is 13.4. The molecule has 2 aromatic carbocycles. The van der Waals surface area contributed by atoms with Gasteiger partial charge in [-0.3, -0.25) is 14.9 Å². The number of Topliss-reactive ketones (excluding diaryl/α,β-unsaturated/α-hetero) is 1. The van der Waals surface area contributed by atoms with Gasteiger partial charge in [-0.05, 0) is 19.1 Å². The van der Waals surface area contributed by atoms with Crippen LogP contribution in [0.25, 0.3) is 17.0 Å². The van der Waals surface area contributed by atoms with Gasteiger partial charge in [0.25, 0.3) is 5.69 Å². The number of nitrogens with one attached hydrogen (secondary N) is 1. The van der Waals surface area contributed by atoms with Crippen molar-refractivity contribution in [1.82, 2.24) is 5.32 Å². The van der Waals surface area contributed by atoms with Crippen LogP contribution in [-0.2, 0) is 9.53 Å². The lowest BCUT2D eigenvalue weighted by molar-refractivity contribution is -0.384. The fraction of sp³-hybridized carbons (Fsp3) is 0.120. The number of fused-ring (bicyclic) bond motifs is 2. The van der Waals surface area contributed by atoms with E-state index in [4.69, 9.17) is 9.15 Å². The van der Waals surface area contributed by atoms with Gasteiger partial charge in [0.2, 0.25) is 0 Å². The lowest BCUT2D eigenvalue weighted by atomic mass is 9.83. The van der Waals surface area contributed by atoms with Crippen molar-refractivity contribution in [2.75, 3.05) is 7.11 Å². The molecule has 2 aliphatic rings. The highest BCUT2D eigenvalue weighted by Crippen LogP contribution is 2.47. The summed E-state index contributed by atoms with van der Waals surface area (Å²) in [6.07, 6.45) is 0. The Morgan fingerprint density at radius 3 is 2.58 bits per heavy atom. The molecule has 33 heavy (non-hydrogen) atoms. The van der Waals surface area contributed by atoms with E-state index in [1.165, 1.54) is 19.2 Å². The SMILES string of the molecule is COC(=O)C1=C(C)NC2=C(C(=O)c3ccccc32)[C@H]1c1ccc(-c2cccc([N+](=O)[O-])c2)o1. The first-order valence-electron chi connectivity index (χ1n) is 10.2. The second kappa shape index (κ2) is 7.59. The molecular formula is C25H18N2O6. The predicted octanol–water partition coefficient (Wildman–Crippen LogP) is 4.60. The van der Waals surface area contributed by atoms with Crippen LogP contribution < -0.4 is 5.32 Å². The van der Waals surface area contributed by atoms with Crippen molar-refractivity contribution >= 4 is 23.1 Å². The summed E-state index contributed by atoms with van der Waals surface area (Å²) < 4.78 is 11.1. The van der Waals surface area contributed by atoms with E-state index < -0.39 is 16.8 Å². The van der Waals surface area contributed by atoms with Gasteiger partial charge in [-0.2, -0.15) is 0 Å². The summed E-state index contributed by atoms with van der Waals surface area (Å²) in [6, 6.07) is 16.7. The molecule has 1 atom stereocenters. The van der Waals surface area contributed by atoms with E-state index in [-0.39, 0.29) is 17.0 Å². The molecule has 0 unspecified atom stereocenters. The van der Waals surface area contributed by atoms with E-state index in [9.17, 15) is 19.7 Å². The highest BCUT2D eigenvalue weighted by Gasteiger charge is 2.44. The molecule has 1 aromatic heterocycles. The van der Waals surface area contributed by atoms with Gasteiger partial charge in [0.1, 0.15) is 11.5 Å². The number of furan rings is 1. The number of nitro benzene ring substituents is 1. The lowest BCUT2D eigenvalue weighted by Gasteiger charge is -2.27. The van der Waals surface area contributed by atoms with Crippen LogP contribution >= 0.6 is 0 Å². The van der Waals surface area contributed by atoms with E-state index in [0.29, 0.717) is 39.6 Å². The molecule has 2 heterocycles. The van der Waals surface area contributed by atoms with E-state index >= 15 is 0 Å². The van der Waals surface area contributed by atoms with Crippen LogP contribution in [0.4, 0.5) is 5.69 Å². The van der Waals surface area contributed by atoms with Gasteiger partial charge in [-0.1, -0.05) is 36.4 Å². The molecule has 5 rings (SSSR count). The average molecular weight is 442 g/mol. The highest BCUT2D eigenvalue weighted by molar-refractivity contribution is 6.23. The van der Waals surface area contributed by atoms with Crippen LogP contribution in [0.5, 0.6) is 0 Å². The van der Waals surface area contributed by atoms with Crippen LogP contribution in [0.1, 0.15) is 34.5 Å². The number of allylic oxidation sites excluding steroid dienone is 2. The van der Waals surface area contributed by atoms with Gasteiger partial charge in [0, 0.05) is 40.1 Å². The summed E-state index contributed by atoms with van der Waals surface area (Å²) >= 11 is 0. The van der Waals surface area contributed by atoms with Gasteiger partial charge in [0.15, 0.2) is 5.78 Å². The fourth-order valence-corrected chi connectivity index (χ4v) is 4.43. The Bertz CT molecular complexity index is 1410. The number of benzene rings is 2. The lowest BCUT2D eigenvalue weighted by Crippen LogP contribution is -2.28. The molecule has 0 spiro atoms. The summed E-state index contributed by atoms with van der Waals surface area (Å²) in [7, 11) is 1.28. The Morgan fingerprint density at radius 2 is 1.85 bits per heavy atom. The van der Waals surface area contributed by atoms with Crippen molar-refractivity contribution in [3.8, 4) is 11.3 Å². The second-order valence-corrected chi connectivity index (χ2v) is 7.76. The smallest absolute Gasteiger partial charge is 0.336 e. The minimum atomic E-state index is -0.791. The van der Waals surface area contributed by atoms with Crippen molar-refractivity contribution in [3.05, 3.63) is 105 Å². The largest absolute Gasteiger partial charge is 0.466 e. The number of carbonyl (C=O) groups is 2. The maximum atomic E-state index is 13.4. The minimum Gasteiger partial charge on any atom is -0.466 e. The number of non-ortho nitro benzene ring substituents is 1. The van der Waals surface area contributed by atoms with Crippen molar-refractivity contribution in [2.45, 2.75) is 12.8 Å². The van der Waals surface area contributed by atoms with E-state index in [0.717, 1.165) is 5.56 Å². The number of esters is 1. The number of rotatable bonds is 4. The summed E-state index contributed by atoms with van der Waals surface area (Å²) in [6.45, 7) is 1.75. The van der Waals surface area contributed by atoms with E-state index in [2.05, 4.69) is 5.32 Å². The third-order valence-corrected chi connectivity index (χ3v) is 5.91. The van der Waals surface area contributed by atoms with E-state index in [1.54, 1.807) is 43.3 Å². The van der Waals surface area contributed by atoms with Gasteiger partial charge < -0.3 is 14.5 Å². The third kappa shape index (κ3) is 3.15. The molecule has 3 aromatic rings. The van der Waals surface area contributed by atoms with Crippen LogP contribution in [0.3, 0.4) is 0 Å². The second-order valence-electron chi connectivity index (χ2n) is 7.76. The zero-order valence-corrected chi connectivity index (χ0v) is 17.7. The number of carbonyl (C=O) groups excluding carboxylic acids is 2. The zero-order chi connectivity index (χ0) is 23.3. The average Bonchev–Trinajstić information content (AvgIpc) is 3.42. The van der Waals surface area contributed by atoms with Gasteiger partial charge in [-0.25, -0.2) is 4.79 Å². The number of hydrogen-bond acceptors (Lipinski definition) is 7. The number of dihydropyridines is 1. The first-order valence-corrected chi connectivity index (χ1v) is 10.2. The van der Waals surface area contributed by atoms with Crippen LogP contribution in [-0.4, -0.2) is 23.8 Å². The molecule has 0 bridgehead atoms. The molecule has 1 aliphatic heterocycles. The minimum absolute atomic E-state index is 0.0651. The standard InChI is InChI=1S/C25H18N2O6/c1-13-20(25(29)32-2)21(22-23(26-13)16-8-3-4-9-17(16)24(22)28)19-11-10-18(33-19)14-6-5-7-15(12-14)27(30)31/h3-12,21,26H,1-2H3/t21-/m0/s1. The Hall–Kier alpha value is -4.46. The van der Waals surface area contributed by atoms with Crippen molar-refractivity contribution in [3.63, 3.8) is 0 Å². The van der Waals surface area contributed by atoms with Crippen LogP contribution in [0, 0.1) is 10.1 Å². The summed E-state index contributed by atoms with van der Waals surface area (Å²) in [5.74, 6) is -0.805. The normalized spacial score (nSPS) is 16.9. The summed E-state index contributed by atoms with van der Waals surface area (Å²) in [5, 5.41) is 14.4. The number of nitro groups is 1. The molecule has 1 N–H and O–H groups in total. The molecule has 8 heteroatoms. The zero-order valence-electron chi connectivity index (χ0n) is 17.7. The predicted molar refractivity (Wildman–Crippen MR) is 119 cm³/mol. The molecule has 0 fully saturated rings. The molecule has 1 aliphatic carbocycles. The van der Waals surface area contributed by atoms with Crippen molar-refractivity contribution < 1.29 is 23.7 Å². The molecule has 0 saturated carbocycles. The Labute approximate surface area is 188 Å². The van der Waals surface area contributed by atoms with Crippen molar-refractivity contribution in [2.24, 2.45) is 0 Å². The Morgan fingerprint density at radius 1 is 1.09 bits per heavy atom.